The number of benzene rings is 1. The molecule has 1 heterocycles. The Hall–Kier alpha value is -2.21. The van der Waals surface area contributed by atoms with Crippen molar-refractivity contribution in [2.45, 2.75) is 13.8 Å². The summed E-state index contributed by atoms with van der Waals surface area (Å²) >= 11 is 3.43. The summed E-state index contributed by atoms with van der Waals surface area (Å²) in [6, 6.07) is 7.48. The van der Waals surface area contributed by atoms with Crippen molar-refractivity contribution in [3.8, 4) is 5.75 Å². The van der Waals surface area contributed by atoms with Gasteiger partial charge in [-0.1, -0.05) is 15.9 Å². The lowest BCUT2D eigenvalue weighted by Gasteiger charge is -2.11. The van der Waals surface area contributed by atoms with Gasteiger partial charge in [0.05, 0.1) is 6.21 Å². The molecule has 2 aromatic rings. The topological polar surface area (TPSA) is 63.6 Å². The summed E-state index contributed by atoms with van der Waals surface area (Å²) in [5.41, 5.74) is 5.23. The number of hydrazone groups is 1. The second-order valence-corrected chi connectivity index (χ2v) is 5.65. The van der Waals surface area contributed by atoms with Crippen LogP contribution in [0.15, 0.2) is 46.2 Å². The maximum absolute atomic E-state index is 11.7. The molecule has 1 aromatic heterocycles. The summed E-state index contributed by atoms with van der Waals surface area (Å²) in [5, 5.41) is 3.87. The average Bonchev–Trinajstić information content (AvgIpc) is 2.47. The molecule has 0 fully saturated rings. The molecule has 5 nitrogen and oxygen atoms in total. The number of ether oxygens (including phenoxy) is 1. The summed E-state index contributed by atoms with van der Waals surface area (Å²) in [5.74, 6) is 0.406. The molecule has 0 aliphatic carbocycles. The minimum atomic E-state index is -0.313. The number of hydrogen-bond donors (Lipinski definition) is 1. The highest BCUT2D eigenvalue weighted by Gasteiger charge is 2.08. The van der Waals surface area contributed by atoms with Gasteiger partial charge >= 0.3 is 0 Å². The monoisotopic (exact) mass is 361 g/mol. The fraction of sp³-hybridized carbons (Fsp3) is 0.188. The third-order valence-corrected chi connectivity index (χ3v) is 3.34. The lowest BCUT2D eigenvalue weighted by Crippen LogP contribution is -2.25. The molecular formula is C16H16BrN3O2. The number of halogens is 1. The van der Waals surface area contributed by atoms with Crippen LogP contribution in [0.3, 0.4) is 0 Å². The Morgan fingerprint density at radius 3 is 2.59 bits per heavy atom. The van der Waals surface area contributed by atoms with Gasteiger partial charge in [-0.25, -0.2) is 5.43 Å². The van der Waals surface area contributed by atoms with Crippen LogP contribution in [0.4, 0.5) is 0 Å². The van der Waals surface area contributed by atoms with E-state index >= 15 is 0 Å². The quantitative estimate of drug-likeness (QED) is 0.657. The van der Waals surface area contributed by atoms with Crippen molar-refractivity contribution in [1.29, 1.82) is 0 Å². The minimum Gasteiger partial charge on any atom is -0.483 e. The molecule has 2 rings (SSSR count). The van der Waals surface area contributed by atoms with Crippen molar-refractivity contribution >= 4 is 28.1 Å². The van der Waals surface area contributed by atoms with E-state index in [9.17, 15) is 4.79 Å². The Balaban J connectivity index is 1.87. The average molecular weight is 362 g/mol. The maximum atomic E-state index is 11.7. The molecule has 0 unspecified atom stereocenters. The number of carbonyl (C=O) groups is 1. The number of rotatable bonds is 5. The summed E-state index contributed by atoms with van der Waals surface area (Å²) in [4.78, 5) is 15.6. The third kappa shape index (κ3) is 4.66. The zero-order valence-corrected chi connectivity index (χ0v) is 13.9. The Bertz CT molecular complexity index is 664. The first-order valence-corrected chi connectivity index (χ1v) is 7.47. The molecule has 0 bridgehead atoms. The van der Waals surface area contributed by atoms with Gasteiger partial charge in [0.15, 0.2) is 6.61 Å². The van der Waals surface area contributed by atoms with Crippen molar-refractivity contribution in [2.75, 3.05) is 6.61 Å². The molecule has 0 radical (unpaired) electrons. The molecule has 6 heteroatoms. The standard InChI is InChI=1S/C16H16BrN3O2/c1-11-7-14(17)8-12(2)16(11)22-10-15(21)20-19-9-13-3-5-18-6-4-13/h3-9H,10H2,1-2H3,(H,20,21)/b19-9+. The first-order chi connectivity index (χ1) is 10.6. The molecule has 22 heavy (non-hydrogen) atoms. The molecule has 0 aliphatic heterocycles. The molecule has 0 aliphatic rings. The lowest BCUT2D eigenvalue weighted by atomic mass is 10.1. The highest BCUT2D eigenvalue weighted by atomic mass is 79.9. The number of aryl methyl sites for hydroxylation is 2. The normalized spacial score (nSPS) is 10.7. The Labute approximate surface area is 137 Å². The Morgan fingerprint density at radius 2 is 1.95 bits per heavy atom. The van der Waals surface area contributed by atoms with E-state index < -0.39 is 0 Å². The zero-order chi connectivity index (χ0) is 15.9. The highest BCUT2D eigenvalue weighted by molar-refractivity contribution is 9.10. The summed E-state index contributed by atoms with van der Waals surface area (Å²) in [7, 11) is 0. The van der Waals surface area contributed by atoms with Crippen LogP contribution in [0.1, 0.15) is 16.7 Å². The first-order valence-electron chi connectivity index (χ1n) is 6.68. The second-order valence-electron chi connectivity index (χ2n) is 4.73. The zero-order valence-electron chi connectivity index (χ0n) is 12.3. The van der Waals surface area contributed by atoms with Gasteiger partial charge in [-0.15, -0.1) is 0 Å². The first kappa shape index (κ1) is 16.2. The van der Waals surface area contributed by atoms with E-state index in [4.69, 9.17) is 4.74 Å². The molecule has 0 saturated heterocycles. The van der Waals surface area contributed by atoms with Crippen LogP contribution in [-0.2, 0) is 4.79 Å². The van der Waals surface area contributed by atoms with Crippen molar-refractivity contribution < 1.29 is 9.53 Å². The number of pyridine rings is 1. The SMILES string of the molecule is Cc1cc(Br)cc(C)c1OCC(=O)N/N=C/c1ccncc1. The maximum Gasteiger partial charge on any atom is 0.277 e. The van der Waals surface area contributed by atoms with E-state index in [1.54, 1.807) is 30.7 Å². The summed E-state index contributed by atoms with van der Waals surface area (Å²) < 4.78 is 6.56. The second kappa shape index (κ2) is 7.70. The summed E-state index contributed by atoms with van der Waals surface area (Å²) in [6.45, 7) is 3.79. The van der Waals surface area contributed by atoms with Gasteiger partial charge in [0.25, 0.3) is 5.91 Å². The van der Waals surface area contributed by atoms with Crippen LogP contribution in [0, 0.1) is 13.8 Å². The van der Waals surface area contributed by atoms with Crippen LogP contribution in [0.5, 0.6) is 5.75 Å². The molecule has 1 N–H and O–H groups in total. The molecule has 0 atom stereocenters. The van der Waals surface area contributed by atoms with E-state index in [1.807, 2.05) is 26.0 Å². The van der Waals surface area contributed by atoms with E-state index in [-0.39, 0.29) is 12.5 Å². The van der Waals surface area contributed by atoms with Crippen molar-refractivity contribution in [2.24, 2.45) is 5.10 Å². The van der Waals surface area contributed by atoms with Crippen molar-refractivity contribution in [3.63, 3.8) is 0 Å². The predicted molar refractivity (Wildman–Crippen MR) is 89.1 cm³/mol. The fourth-order valence-corrected chi connectivity index (χ4v) is 2.61. The van der Waals surface area contributed by atoms with Gasteiger partial charge in [-0.3, -0.25) is 9.78 Å². The molecule has 1 amide bonds. The van der Waals surface area contributed by atoms with Gasteiger partial charge in [0.2, 0.25) is 0 Å². The smallest absolute Gasteiger partial charge is 0.277 e. The largest absolute Gasteiger partial charge is 0.483 e. The Morgan fingerprint density at radius 1 is 1.32 bits per heavy atom. The number of carbonyl (C=O) groups excluding carboxylic acids is 1. The number of nitrogens with one attached hydrogen (secondary N) is 1. The number of nitrogens with zero attached hydrogens (tertiary/aromatic N) is 2. The molecule has 1 aromatic carbocycles. The molecule has 0 saturated carbocycles. The van der Waals surface area contributed by atoms with Gasteiger partial charge in [-0.2, -0.15) is 5.10 Å². The van der Waals surface area contributed by atoms with Crippen LogP contribution in [0.2, 0.25) is 0 Å². The summed E-state index contributed by atoms with van der Waals surface area (Å²) in [6.07, 6.45) is 4.87. The third-order valence-electron chi connectivity index (χ3n) is 2.88. The van der Waals surface area contributed by atoms with E-state index in [2.05, 4.69) is 31.4 Å². The van der Waals surface area contributed by atoms with Crippen molar-refractivity contribution in [3.05, 3.63) is 57.8 Å². The van der Waals surface area contributed by atoms with Gasteiger partial charge in [0.1, 0.15) is 5.75 Å². The molecule has 114 valence electrons. The van der Waals surface area contributed by atoms with Gasteiger partial charge in [0, 0.05) is 16.9 Å². The van der Waals surface area contributed by atoms with Crippen LogP contribution in [0.25, 0.3) is 0 Å². The molecule has 0 spiro atoms. The number of hydrogen-bond acceptors (Lipinski definition) is 4. The van der Waals surface area contributed by atoms with E-state index in [0.717, 1.165) is 26.9 Å². The number of aromatic nitrogens is 1. The van der Waals surface area contributed by atoms with Gasteiger partial charge < -0.3 is 4.74 Å². The number of amides is 1. The van der Waals surface area contributed by atoms with Crippen LogP contribution < -0.4 is 10.2 Å². The predicted octanol–water partition coefficient (Wildman–Crippen LogP) is 2.99. The highest BCUT2D eigenvalue weighted by Crippen LogP contribution is 2.27. The van der Waals surface area contributed by atoms with Crippen LogP contribution >= 0.6 is 15.9 Å². The Kier molecular flexibility index (Phi) is 5.66. The molecular weight excluding hydrogens is 346 g/mol. The van der Waals surface area contributed by atoms with E-state index in [0.29, 0.717) is 0 Å². The fourth-order valence-electron chi connectivity index (χ4n) is 1.92. The van der Waals surface area contributed by atoms with Gasteiger partial charge in [-0.05, 0) is 54.8 Å². The van der Waals surface area contributed by atoms with E-state index in [1.165, 1.54) is 0 Å². The minimum absolute atomic E-state index is 0.0863. The lowest BCUT2D eigenvalue weighted by molar-refractivity contribution is -0.123. The van der Waals surface area contributed by atoms with Crippen LogP contribution in [-0.4, -0.2) is 23.7 Å². The van der Waals surface area contributed by atoms with Crippen molar-refractivity contribution in [1.82, 2.24) is 10.4 Å².